The predicted octanol–water partition coefficient (Wildman–Crippen LogP) is 5.89. The Morgan fingerprint density at radius 1 is 1.15 bits per heavy atom. The first kappa shape index (κ1) is 23.0. The van der Waals surface area contributed by atoms with Gasteiger partial charge in [0.2, 0.25) is 0 Å². The van der Waals surface area contributed by atoms with Gasteiger partial charge in [0, 0.05) is 18.5 Å². The number of halogens is 1. The molecule has 1 aliphatic carbocycles. The Morgan fingerprint density at radius 3 is 2.04 bits per heavy atom. The van der Waals surface area contributed by atoms with Crippen LogP contribution in [0.1, 0.15) is 78.7 Å². The molecule has 2 fully saturated rings. The van der Waals surface area contributed by atoms with Gasteiger partial charge in [0.25, 0.3) is 0 Å². The van der Waals surface area contributed by atoms with Gasteiger partial charge in [-0.25, -0.2) is 4.79 Å². The molecule has 0 N–H and O–H groups in total. The Morgan fingerprint density at radius 2 is 1.65 bits per heavy atom. The summed E-state index contributed by atoms with van der Waals surface area (Å²) in [5, 5.41) is 4.62. The molecule has 0 radical (unpaired) electrons. The zero-order chi connectivity index (χ0) is 20.3. The molecule has 1 saturated heterocycles. The molecule has 2 heterocycles. The molecule has 26 heavy (non-hydrogen) atoms. The van der Waals surface area contributed by atoms with Crippen molar-refractivity contribution in [2.75, 3.05) is 13.1 Å². The van der Waals surface area contributed by atoms with Crippen LogP contribution < -0.4 is 0 Å². The Labute approximate surface area is 167 Å². The maximum Gasteiger partial charge on any atom is 0.410 e. The molecule has 1 spiro atoms. The SMILES string of the molecule is CC.CC.Cc1nn(C2CC3(C2)CN(C(=O)OC(C)(C)C)C3)c(C)c1Br. The van der Waals surface area contributed by atoms with Crippen LogP contribution in [-0.4, -0.2) is 39.5 Å². The normalized spacial score (nSPS) is 18.0. The van der Waals surface area contributed by atoms with Crippen molar-refractivity contribution in [3.05, 3.63) is 15.9 Å². The number of hydrogen-bond acceptors (Lipinski definition) is 3. The summed E-state index contributed by atoms with van der Waals surface area (Å²) >= 11 is 3.58. The highest BCUT2D eigenvalue weighted by Gasteiger charge is 2.55. The highest BCUT2D eigenvalue weighted by atomic mass is 79.9. The zero-order valence-corrected chi connectivity index (χ0v) is 19.5. The lowest BCUT2D eigenvalue weighted by molar-refractivity contribution is -0.0931. The molecule has 5 nitrogen and oxygen atoms in total. The number of likely N-dealkylation sites (tertiary alicyclic amines) is 1. The summed E-state index contributed by atoms with van der Waals surface area (Å²) < 4.78 is 8.66. The van der Waals surface area contributed by atoms with Crippen LogP contribution in [0.4, 0.5) is 4.79 Å². The van der Waals surface area contributed by atoms with Crippen LogP contribution in [0.5, 0.6) is 0 Å². The van der Waals surface area contributed by atoms with Crippen LogP contribution in [0.15, 0.2) is 4.47 Å². The highest BCUT2D eigenvalue weighted by molar-refractivity contribution is 9.10. The summed E-state index contributed by atoms with van der Waals surface area (Å²) in [4.78, 5) is 13.8. The lowest BCUT2D eigenvalue weighted by Crippen LogP contribution is -2.64. The molecule has 1 aliphatic heterocycles. The van der Waals surface area contributed by atoms with Gasteiger partial charge in [-0.15, -0.1) is 0 Å². The first-order valence-electron chi connectivity index (χ1n) is 9.79. The molecule has 1 amide bonds. The van der Waals surface area contributed by atoms with Crippen molar-refractivity contribution >= 4 is 22.0 Å². The van der Waals surface area contributed by atoms with Gasteiger partial charge in [0.05, 0.1) is 21.9 Å². The van der Waals surface area contributed by atoms with Crippen LogP contribution in [0, 0.1) is 19.3 Å². The topological polar surface area (TPSA) is 47.4 Å². The van der Waals surface area contributed by atoms with Crippen molar-refractivity contribution in [3.8, 4) is 0 Å². The van der Waals surface area contributed by atoms with Crippen LogP contribution in [-0.2, 0) is 4.74 Å². The van der Waals surface area contributed by atoms with Crippen molar-refractivity contribution in [1.29, 1.82) is 0 Å². The monoisotopic (exact) mass is 429 g/mol. The van der Waals surface area contributed by atoms with Gasteiger partial charge >= 0.3 is 6.09 Å². The number of aryl methyl sites for hydroxylation is 1. The Kier molecular flexibility index (Phi) is 7.75. The Bertz CT molecular complexity index is 605. The summed E-state index contributed by atoms with van der Waals surface area (Å²) in [6.07, 6.45) is 2.01. The van der Waals surface area contributed by atoms with Crippen molar-refractivity contribution in [1.82, 2.24) is 14.7 Å². The van der Waals surface area contributed by atoms with E-state index in [1.165, 1.54) is 5.69 Å². The van der Waals surface area contributed by atoms with E-state index in [0.717, 1.165) is 36.1 Å². The lowest BCUT2D eigenvalue weighted by Gasteiger charge is -2.58. The van der Waals surface area contributed by atoms with Crippen LogP contribution in [0.2, 0.25) is 0 Å². The molecule has 2 aliphatic rings. The second-order valence-corrected chi connectivity index (χ2v) is 8.62. The van der Waals surface area contributed by atoms with Crippen LogP contribution in [0.25, 0.3) is 0 Å². The third-order valence-electron chi connectivity index (χ3n) is 4.62. The van der Waals surface area contributed by atoms with E-state index in [1.54, 1.807) is 0 Å². The number of ether oxygens (including phenoxy) is 1. The first-order chi connectivity index (χ1) is 12.1. The van der Waals surface area contributed by atoms with Gasteiger partial charge in [0.15, 0.2) is 0 Å². The minimum Gasteiger partial charge on any atom is -0.444 e. The number of nitrogens with zero attached hydrogens (tertiary/aromatic N) is 3. The minimum absolute atomic E-state index is 0.185. The maximum absolute atomic E-state index is 12.0. The number of aromatic nitrogens is 2. The fraction of sp³-hybridized carbons (Fsp3) is 0.800. The largest absolute Gasteiger partial charge is 0.444 e. The van der Waals surface area contributed by atoms with Crippen molar-refractivity contribution in [2.24, 2.45) is 5.41 Å². The third-order valence-corrected chi connectivity index (χ3v) is 5.77. The molecule has 0 unspecified atom stereocenters. The summed E-state index contributed by atoms with van der Waals surface area (Å²) in [5.41, 5.74) is 2.11. The molecule has 150 valence electrons. The highest BCUT2D eigenvalue weighted by Crippen LogP contribution is 2.54. The zero-order valence-electron chi connectivity index (χ0n) is 17.9. The smallest absolute Gasteiger partial charge is 0.410 e. The number of rotatable bonds is 1. The van der Waals surface area contributed by atoms with Gasteiger partial charge < -0.3 is 9.64 Å². The third kappa shape index (κ3) is 4.81. The van der Waals surface area contributed by atoms with Crippen LogP contribution in [0.3, 0.4) is 0 Å². The molecule has 1 aromatic heterocycles. The molecule has 1 aromatic rings. The second-order valence-electron chi connectivity index (χ2n) is 7.83. The lowest BCUT2D eigenvalue weighted by atomic mass is 9.61. The molecular formula is C20H36BrN3O2. The van der Waals surface area contributed by atoms with Crippen LogP contribution >= 0.6 is 15.9 Å². The predicted molar refractivity (Wildman–Crippen MR) is 111 cm³/mol. The fourth-order valence-corrected chi connectivity index (χ4v) is 3.85. The quantitative estimate of drug-likeness (QED) is 0.558. The molecule has 0 aromatic carbocycles. The van der Waals surface area contributed by atoms with Crippen molar-refractivity contribution in [3.63, 3.8) is 0 Å². The van der Waals surface area contributed by atoms with Gasteiger partial charge in [0.1, 0.15) is 5.60 Å². The molecule has 0 atom stereocenters. The Hall–Kier alpha value is -1.04. The van der Waals surface area contributed by atoms with E-state index >= 15 is 0 Å². The minimum atomic E-state index is -0.419. The average molecular weight is 430 g/mol. The summed E-state index contributed by atoms with van der Waals surface area (Å²) in [7, 11) is 0. The van der Waals surface area contributed by atoms with Crippen molar-refractivity contribution in [2.45, 2.75) is 86.8 Å². The van der Waals surface area contributed by atoms with E-state index in [4.69, 9.17) is 4.74 Å². The fourth-order valence-electron chi connectivity index (χ4n) is 3.59. The molecule has 0 bridgehead atoms. The average Bonchev–Trinajstić information content (AvgIpc) is 2.75. The van der Waals surface area contributed by atoms with E-state index in [2.05, 4.69) is 32.6 Å². The maximum atomic E-state index is 12.0. The Balaban J connectivity index is 0.000000791. The standard InChI is InChI=1S/C16H24BrN3O2.2C2H6/c1-10-13(17)11(2)20(18-10)12-6-16(7-12)8-19(9-16)14(21)22-15(3,4)5;2*1-2/h12H,6-9H2,1-5H3;2*1-2H3. The molecule has 3 rings (SSSR count). The summed E-state index contributed by atoms with van der Waals surface area (Å²) in [6.45, 7) is 19.5. The summed E-state index contributed by atoms with van der Waals surface area (Å²) in [5.74, 6) is 0. The number of carbonyl (C=O) groups is 1. The van der Waals surface area contributed by atoms with Gasteiger partial charge in [-0.3, -0.25) is 4.68 Å². The van der Waals surface area contributed by atoms with Crippen molar-refractivity contribution < 1.29 is 9.53 Å². The molecule has 6 heteroatoms. The number of hydrogen-bond donors (Lipinski definition) is 0. The summed E-state index contributed by atoms with van der Waals surface area (Å²) in [6, 6.07) is 0.464. The molecular weight excluding hydrogens is 394 g/mol. The number of carbonyl (C=O) groups excluding carboxylic acids is 1. The first-order valence-corrected chi connectivity index (χ1v) is 10.6. The molecule has 1 saturated carbocycles. The van der Waals surface area contributed by atoms with E-state index in [9.17, 15) is 4.79 Å². The van der Waals surface area contributed by atoms with E-state index < -0.39 is 5.60 Å². The van der Waals surface area contributed by atoms with E-state index in [0.29, 0.717) is 11.5 Å². The van der Waals surface area contributed by atoms with Gasteiger partial charge in [-0.05, 0) is 63.4 Å². The second kappa shape index (κ2) is 8.77. The van der Waals surface area contributed by atoms with E-state index in [-0.39, 0.29) is 6.09 Å². The number of amides is 1. The van der Waals surface area contributed by atoms with Gasteiger partial charge in [-0.1, -0.05) is 27.7 Å². The van der Waals surface area contributed by atoms with E-state index in [1.807, 2.05) is 60.3 Å². The van der Waals surface area contributed by atoms with Gasteiger partial charge in [-0.2, -0.15) is 5.10 Å².